The lowest BCUT2D eigenvalue weighted by Crippen LogP contribution is -2.38. The number of fused-ring (bicyclic) bond motifs is 1. The van der Waals surface area contributed by atoms with E-state index in [2.05, 4.69) is 10.3 Å². The first kappa shape index (κ1) is 17.2. The SMILES string of the molecule is O=C(Cn1cnc2c(Cl)cc(Cl)cc2c1=O)NC1CCCCCC1. The van der Waals surface area contributed by atoms with Gasteiger partial charge < -0.3 is 5.32 Å². The van der Waals surface area contributed by atoms with Crippen molar-refractivity contribution in [2.24, 2.45) is 0 Å². The topological polar surface area (TPSA) is 64.0 Å². The summed E-state index contributed by atoms with van der Waals surface area (Å²) in [4.78, 5) is 29.0. The van der Waals surface area contributed by atoms with E-state index in [1.165, 1.54) is 29.8 Å². The Hall–Kier alpha value is -1.59. The minimum atomic E-state index is -0.319. The molecule has 0 unspecified atom stereocenters. The summed E-state index contributed by atoms with van der Waals surface area (Å²) in [5.41, 5.74) is 0.0758. The molecule has 1 amide bonds. The molecule has 128 valence electrons. The molecular weight excluding hydrogens is 349 g/mol. The van der Waals surface area contributed by atoms with Gasteiger partial charge in [-0.25, -0.2) is 4.98 Å². The summed E-state index contributed by atoms with van der Waals surface area (Å²) in [5, 5.41) is 4.04. The number of rotatable bonds is 3. The third-order valence-corrected chi connectivity index (χ3v) is 4.89. The quantitative estimate of drug-likeness (QED) is 0.843. The van der Waals surface area contributed by atoms with Gasteiger partial charge in [0.05, 0.1) is 22.3 Å². The molecular formula is C17H19Cl2N3O2. The minimum Gasteiger partial charge on any atom is -0.352 e. The molecule has 0 atom stereocenters. The fourth-order valence-corrected chi connectivity index (χ4v) is 3.70. The average molecular weight is 368 g/mol. The number of amides is 1. The number of hydrogen-bond acceptors (Lipinski definition) is 3. The van der Waals surface area contributed by atoms with Crippen molar-refractivity contribution in [2.75, 3.05) is 0 Å². The summed E-state index contributed by atoms with van der Waals surface area (Å²) in [5.74, 6) is -0.168. The molecule has 1 saturated carbocycles. The normalized spacial score (nSPS) is 16.1. The van der Waals surface area contributed by atoms with Crippen molar-refractivity contribution in [1.82, 2.24) is 14.9 Å². The maximum Gasteiger partial charge on any atom is 0.261 e. The van der Waals surface area contributed by atoms with Crippen molar-refractivity contribution in [3.05, 3.63) is 38.9 Å². The van der Waals surface area contributed by atoms with Gasteiger partial charge in [-0.15, -0.1) is 0 Å². The summed E-state index contributed by atoms with van der Waals surface area (Å²) in [6.07, 6.45) is 8.09. The predicted octanol–water partition coefficient (Wildman–Crippen LogP) is 3.54. The number of nitrogens with zero attached hydrogens (tertiary/aromatic N) is 2. The van der Waals surface area contributed by atoms with Gasteiger partial charge in [0.25, 0.3) is 5.56 Å². The van der Waals surface area contributed by atoms with Gasteiger partial charge in [0.15, 0.2) is 0 Å². The highest BCUT2D eigenvalue weighted by molar-refractivity contribution is 6.38. The van der Waals surface area contributed by atoms with Gasteiger partial charge in [0, 0.05) is 11.1 Å². The van der Waals surface area contributed by atoms with Crippen LogP contribution >= 0.6 is 23.2 Å². The number of aromatic nitrogens is 2. The molecule has 0 radical (unpaired) electrons. The van der Waals surface area contributed by atoms with E-state index in [9.17, 15) is 9.59 Å². The first-order valence-electron chi connectivity index (χ1n) is 8.18. The fraction of sp³-hybridized carbons (Fsp3) is 0.471. The summed E-state index contributed by atoms with van der Waals surface area (Å²) in [6, 6.07) is 3.27. The van der Waals surface area contributed by atoms with Crippen molar-refractivity contribution in [1.29, 1.82) is 0 Å². The Bertz CT molecular complexity index is 811. The van der Waals surface area contributed by atoms with Gasteiger partial charge in [0.1, 0.15) is 6.54 Å². The van der Waals surface area contributed by atoms with E-state index in [0.29, 0.717) is 20.9 Å². The number of carbonyl (C=O) groups is 1. The third kappa shape index (κ3) is 3.90. The van der Waals surface area contributed by atoms with Gasteiger partial charge in [-0.1, -0.05) is 48.9 Å². The molecule has 2 aromatic rings. The predicted molar refractivity (Wildman–Crippen MR) is 95.7 cm³/mol. The van der Waals surface area contributed by atoms with Crippen LogP contribution in [-0.4, -0.2) is 21.5 Å². The first-order chi connectivity index (χ1) is 11.5. The van der Waals surface area contributed by atoms with Gasteiger partial charge in [-0.2, -0.15) is 0 Å². The Kier molecular flexibility index (Phi) is 5.41. The molecule has 1 aromatic carbocycles. The van der Waals surface area contributed by atoms with Crippen LogP contribution in [0, 0.1) is 0 Å². The van der Waals surface area contributed by atoms with Crippen LogP contribution in [-0.2, 0) is 11.3 Å². The molecule has 1 fully saturated rings. The molecule has 0 aliphatic heterocycles. The largest absolute Gasteiger partial charge is 0.352 e. The zero-order chi connectivity index (χ0) is 17.1. The molecule has 1 aromatic heterocycles. The molecule has 1 aliphatic carbocycles. The Labute approximate surface area is 150 Å². The zero-order valence-corrected chi connectivity index (χ0v) is 14.7. The maximum absolute atomic E-state index is 12.5. The van der Waals surface area contributed by atoms with Crippen LogP contribution in [0.3, 0.4) is 0 Å². The van der Waals surface area contributed by atoms with Crippen LogP contribution in [0.1, 0.15) is 38.5 Å². The molecule has 5 nitrogen and oxygen atoms in total. The second-order valence-electron chi connectivity index (χ2n) is 6.22. The third-order valence-electron chi connectivity index (χ3n) is 4.38. The fourth-order valence-electron chi connectivity index (χ4n) is 3.16. The van der Waals surface area contributed by atoms with Crippen LogP contribution in [0.2, 0.25) is 10.0 Å². The molecule has 0 saturated heterocycles. The Morgan fingerprint density at radius 3 is 2.62 bits per heavy atom. The van der Waals surface area contributed by atoms with Crippen LogP contribution < -0.4 is 10.9 Å². The number of hydrogen-bond donors (Lipinski definition) is 1. The van der Waals surface area contributed by atoms with E-state index < -0.39 is 0 Å². The van der Waals surface area contributed by atoms with Crippen molar-refractivity contribution in [3.63, 3.8) is 0 Å². The Morgan fingerprint density at radius 2 is 1.92 bits per heavy atom. The summed E-state index contributed by atoms with van der Waals surface area (Å²) < 4.78 is 1.29. The molecule has 0 spiro atoms. The van der Waals surface area contributed by atoms with E-state index in [4.69, 9.17) is 23.2 Å². The van der Waals surface area contributed by atoms with Crippen LogP contribution in [0.5, 0.6) is 0 Å². The minimum absolute atomic E-state index is 0.0532. The van der Waals surface area contributed by atoms with Crippen LogP contribution in [0.4, 0.5) is 0 Å². The molecule has 1 aliphatic rings. The lowest BCUT2D eigenvalue weighted by atomic mass is 10.1. The standard InChI is InChI=1S/C17H19Cl2N3O2/c18-11-7-13-16(14(19)8-11)20-10-22(17(13)24)9-15(23)21-12-5-3-1-2-4-6-12/h7-8,10,12H,1-6,9H2,(H,21,23). The summed E-state index contributed by atoms with van der Waals surface area (Å²) in [6.45, 7) is -0.0532. The number of carbonyl (C=O) groups excluding carboxylic acids is 1. The molecule has 7 heteroatoms. The lowest BCUT2D eigenvalue weighted by molar-refractivity contribution is -0.122. The van der Waals surface area contributed by atoms with Gasteiger partial charge in [0.2, 0.25) is 5.91 Å². The van der Waals surface area contributed by atoms with E-state index >= 15 is 0 Å². The van der Waals surface area contributed by atoms with Crippen LogP contribution in [0.15, 0.2) is 23.3 Å². The van der Waals surface area contributed by atoms with E-state index in [1.54, 1.807) is 6.07 Å². The van der Waals surface area contributed by atoms with E-state index in [-0.39, 0.29) is 24.1 Å². The van der Waals surface area contributed by atoms with Gasteiger partial charge in [-0.05, 0) is 25.0 Å². The lowest BCUT2D eigenvalue weighted by Gasteiger charge is -2.16. The van der Waals surface area contributed by atoms with Gasteiger partial charge in [-0.3, -0.25) is 14.2 Å². The van der Waals surface area contributed by atoms with Crippen molar-refractivity contribution < 1.29 is 4.79 Å². The highest BCUT2D eigenvalue weighted by Crippen LogP contribution is 2.24. The highest BCUT2D eigenvalue weighted by Gasteiger charge is 2.16. The summed E-state index contributed by atoms with van der Waals surface area (Å²) in [7, 11) is 0. The van der Waals surface area contributed by atoms with Crippen molar-refractivity contribution in [2.45, 2.75) is 51.1 Å². The number of benzene rings is 1. The van der Waals surface area contributed by atoms with Crippen molar-refractivity contribution in [3.8, 4) is 0 Å². The first-order valence-corrected chi connectivity index (χ1v) is 8.94. The molecule has 1 N–H and O–H groups in total. The second kappa shape index (κ2) is 7.53. The zero-order valence-electron chi connectivity index (χ0n) is 13.2. The smallest absolute Gasteiger partial charge is 0.261 e. The Morgan fingerprint density at radius 1 is 1.21 bits per heavy atom. The molecule has 1 heterocycles. The molecule has 0 bridgehead atoms. The Balaban J connectivity index is 1.78. The van der Waals surface area contributed by atoms with E-state index in [1.807, 2.05) is 0 Å². The summed E-state index contributed by atoms with van der Waals surface area (Å²) >= 11 is 12.0. The van der Waals surface area contributed by atoms with E-state index in [0.717, 1.165) is 25.7 Å². The number of nitrogens with one attached hydrogen (secondary N) is 1. The van der Waals surface area contributed by atoms with Crippen molar-refractivity contribution >= 4 is 40.0 Å². The monoisotopic (exact) mass is 367 g/mol. The van der Waals surface area contributed by atoms with Crippen LogP contribution in [0.25, 0.3) is 10.9 Å². The highest BCUT2D eigenvalue weighted by atomic mass is 35.5. The second-order valence-corrected chi connectivity index (χ2v) is 7.06. The average Bonchev–Trinajstić information content (AvgIpc) is 2.79. The number of halogens is 2. The molecule has 3 rings (SSSR count). The van der Waals surface area contributed by atoms with Gasteiger partial charge >= 0.3 is 0 Å². The molecule has 24 heavy (non-hydrogen) atoms. The maximum atomic E-state index is 12.5.